The Balaban J connectivity index is 1.39. The van der Waals surface area contributed by atoms with Gasteiger partial charge >= 0.3 is 0 Å². The van der Waals surface area contributed by atoms with Gasteiger partial charge in [-0.2, -0.15) is 5.10 Å². The van der Waals surface area contributed by atoms with Crippen LogP contribution < -0.4 is 20.3 Å². The van der Waals surface area contributed by atoms with Crippen molar-refractivity contribution in [2.24, 2.45) is 0 Å². The average Bonchev–Trinajstić information content (AvgIpc) is 3.21. The standard InChI is InChI=1S/C19H25N5O2/c1-26-17-6-4-15(5-7-17)12-19(25)21-9-8-20-18-13-16(14-22-23-18)24-10-2-3-11-24/h4-7,13-14H,2-3,8-12H2,1H3,(H,20,23)(H,21,25). The highest BCUT2D eigenvalue weighted by Crippen LogP contribution is 2.20. The van der Waals surface area contributed by atoms with Crippen molar-refractivity contribution >= 4 is 17.4 Å². The number of nitrogens with zero attached hydrogens (tertiary/aromatic N) is 3. The molecule has 0 saturated carbocycles. The van der Waals surface area contributed by atoms with E-state index in [0.29, 0.717) is 19.5 Å². The van der Waals surface area contributed by atoms with E-state index < -0.39 is 0 Å². The lowest BCUT2D eigenvalue weighted by Crippen LogP contribution is -2.30. The second-order valence-corrected chi connectivity index (χ2v) is 6.29. The van der Waals surface area contributed by atoms with Crippen molar-refractivity contribution in [3.05, 3.63) is 42.1 Å². The number of amides is 1. The van der Waals surface area contributed by atoms with Crippen LogP contribution in [0, 0.1) is 0 Å². The molecule has 0 radical (unpaired) electrons. The van der Waals surface area contributed by atoms with Crippen molar-refractivity contribution in [1.29, 1.82) is 0 Å². The number of hydrogen-bond acceptors (Lipinski definition) is 6. The molecule has 1 aromatic heterocycles. The minimum atomic E-state index is -0.00568. The average molecular weight is 355 g/mol. The number of anilines is 2. The van der Waals surface area contributed by atoms with Crippen LogP contribution in [-0.4, -0.2) is 49.4 Å². The van der Waals surface area contributed by atoms with Crippen LogP contribution in [0.2, 0.25) is 0 Å². The fraction of sp³-hybridized carbons (Fsp3) is 0.421. The summed E-state index contributed by atoms with van der Waals surface area (Å²) in [5, 5.41) is 14.3. The molecule has 2 heterocycles. The predicted molar refractivity (Wildman–Crippen MR) is 102 cm³/mol. The zero-order chi connectivity index (χ0) is 18.2. The van der Waals surface area contributed by atoms with Crippen LogP contribution in [0.5, 0.6) is 5.75 Å². The normalized spacial score (nSPS) is 13.5. The molecule has 26 heavy (non-hydrogen) atoms. The number of carbonyl (C=O) groups is 1. The first-order valence-corrected chi connectivity index (χ1v) is 8.96. The molecule has 0 atom stereocenters. The molecule has 1 saturated heterocycles. The quantitative estimate of drug-likeness (QED) is 0.704. The van der Waals surface area contributed by atoms with E-state index in [0.717, 1.165) is 35.9 Å². The Bertz CT molecular complexity index is 714. The molecule has 7 nitrogen and oxygen atoms in total. The van der Waals surface area contributed by atoms with E-state index in [1.165, 1.54) is 12.8 Å². The van der Waals surface area contributed by atoms with Gasteiger partial charge in [0.05, 0.1) is 25.4 Å². The number of nitrogens with one attached hydrogen (secondary N) is 2. The van der Waals surface area contributed by atoms with E-state index in [9.17, 15) is 4.79 Å². The van der Waals surface area contributed by atoms with Crippen molar-refractivity contribution in [3.8, 4) is 5.75 Å². The highest BCUT2D eigenvalue weighted by molar-refractivity contribution is 5.78. The summed E-state index contributed by atoms with van der Waals surface area (Å²) in [7, 11) is 1.62. The summed E-state index contributed by atoms with van der Waals surface area (Å²) in [5.74, 6) is 1.52. The zero-order valence-electron chi connectivity index (χ0n) is 15.1. The molecule has 0 bridgehead atoms. The minimum Gasteiger partial charge on any atom is -0.497 e. The largest absolute Gasteiger partial charge is 0.497 e. The van der Waals surface area contributed by atoms with Gasteiger partial charge < -0.3 is 20.3 Å². The van der Waals surface area contributed by atoms with Gasteiger partial charge in [-0.25, -0.2) is 0 Å². The molecule has 7 heteroatoms. The fourth-order valence-corrected chi connectivity index (χ4v) is 2.97. The van der Waals surface area contributed by atoms with E-state index in [2.05, 4.69) is 25.7 Å². The zero-order valence-corrected chi connectivity index (χ0v) is 15.1. The number of rotatable bonds is 8. The third kappa shape index (κ3) is 5.08. The summed E-state index contributed by atoms with van der Waals surface area (Å²) in [4.78, 5) is 14.3. The Kier molecular flexibility index (Phi) is 6.24. The van der Waals surface area contributed by atoms with Crippen LogP contribution in [0.25, 0.3) is 0 Å². The summed E-state index contributed by atoms with van der Waals surface area (Å²) in [5.41, 5.74) is 2.06. The second-order valence-electron chi connectivity index (χ2n) is 6.29. The Morgan fingerprint density at radius 2 is 1.96 bits per heavy atom. The molecular weight excluding hydrogens is 330 g/mol. The number of aromatic nitrogens is 2. The molecule has 2 aromatic rings. The first kappa shape index (κ1) is 18.0. The molecule has 0 aliphatic carbocycles. The molecular formula is C19H25N5O2. The SMILES string of the molecule is COc1ccc(CC(=O)NCCNc2cc(N3CCCC3)cnn2)cc1. The molecule has 2 N–H and O–H groups in total. The van der Waals surface area contributed by atoms with Crippen LogP contribution in [-0.2, 0) is 11.2 Å². The maximum absolute atomic E-state index is 12.0. The highest BCUT2D eigenvalue weighted by Gasteiger charge is 2.13. The van der Waals surface area contributed by atoms with Gasteiger partial charge in [-0.1, -0.05) is 12.1 Å². The van der Waals surface area contributed by atoms with Gasteiger partial charge in [0.1, 0.15) is 5.75 Å². The Labute approximate surface area is 153 Å². The lowest BCUT2D eigenvalue weighted by molar-refractivity contribution is -0.120. The maximum atomic E-state index is 12.0. The number of methoxy groups -OCH3 is 1. The molecule has 1 fully saturated rings. The summed E-state index contributed by atoms with van der Waals surface area (Å²) in [6, 6.07) is 9.52. The Hall–Kier alpha value is -2.83. The summed E-state index contributed by atoms with van der Waals surface area (Å²) >= 11 is 0. The molecule has 3 rings (SSSR count). The summed E-state index contributed by atoms with van der Waals surface area (Å²) in [6.07, 6.45) is 4.61. The van der Waals surface area contributed by atoms with Crippen LogP contribution >= 0.6 is 0 Å². The third-order valence-corrected chi connectivity index (χ3v) is 4.39. The summed E-state index contributed by atoms with van der Waals surface area (Å²) in [6.45, 7) is 3.29. The van der Waals surface area contributed by atoms with Crippen molar-refractivity contribution in [3.63, 3.8) is 0 Å². The van der Waals surface area contributed by atoms with E-state index in [1.54, 1.807) is 13.3 Å². The van der Waals surface area contributed by atoms with Crippen molar-refractivity contribution in [2.45, 2.75) is 19.3 Å². The number of benzene rings is 1. The minimum absolute atomic E-state index is 0.00568. The first-order chi connectivity index (χ1) is 12.7. The molecule has 1 aliphatic rings. The number of hydrogen-bond donors (Lipinski definition) is 2. The van der Waals surface area contributed by atoms with E-state index in [1.807, 2.05) is 30.3 Å². The molecule has 138 valence electrons. The van der Waals surface area contributed by atoms with Crippen LogP contribution in [0.4, 0.5) is 11.5 Å². The predicted octanol–water partition coefficient (Wildman–Crippen LogP) is 1.86. The smallest absolute Gasteiger partial charge is 0.224 e. The van der Waals surface area contributed by atoms with Gasteiger partial charge in [0.15, 0.2) is 5.82 Å². The number of carbonyl (C=O) groups excluding carboxylic acids is 1. The van der Waals surface area contributed by atoms with Gasteiger partial charge in [-0.15, -0.1) is 5.10 Å². The molecule has 1 aromatic carbocycles. The second kappa shape index (κ2) is 9.03. The van der Waals surface area contributed by atoms with Crippen molar-refractivity contribution in [1.82, 2.24) is 15.5 Å². The van der Waals surface area contributed by atoms with Gasteiger partial charge in [0, 0.05) is 32.2 Å². The van der Waals surface area contributed by atoms with Crippen LogP contribution in [0.15, 0.2) is 36.5 Å². The van der Waals surface area contributed by atoms with Crippen molar-refractivity contribution < 1.29 is 9.53 Å². The fourth-order valence-electron chi connectivity index (χ4n) is 2.97. The van der Waals surface area contributed by atoms with Crippen molar-refractivity contribution in [2.75, 3.05) is 43.5 Å². The van der Waals surface area contributed by atoms with E-state index in [-0.39, 0.29) is 5.91 Å². The van der Waals surface area contributed by atoms with E-state index >= 15 is 0 Å². The van der Waals surface area contributed by atoms with Gasteiger partial charge in [-0.3, -0.25) is 4.79 Å². The first-order valence-electron chi connectivity index (χ1n) is 8.96. The molecule has 1 aliphatic heterocycles. The third-order valence-electron chi connectivity index (χ3n) is 4.39. The lowest BCUT2D eigenvalue weighted by atomic mass is 10.1. The van der Waals surface area contributed by atoms with Crippen LogP contribution in [0.3, 0.4) is 0 Å². The highest BCUT2D eigenvalue weighted by atomic mass is 16.5. The Morgan fingerprint density at radius 1 is 1.19 bits per heavy atom. The molecule has 0 spiro atoms. The number of ether oxygens (including phenoxy) is 1. The van der Waals surface area contributed by atoms with Gasteiger partial charge in [0.2, 0.25) is 5.91 Å². The topological polar surface area (TPSA) is 79.4 Å². The lowest BCUT2D eigenvalue weighted by Gasteiger charge is -2.17. The Morgan fingerprint density at radius 3 is 2.69 bits per heavy atom. The molecule has 0 unspecified atom stereocenters. The molecule has 1 amide bonds. The van der Waals surface area contributed by atoms with E-state index in [4.69, 9.17) is 4.74 Å². The summed E-state index contributed by atoms with van der Waals surface area (Å²) < 4.78 is 5.11. The van der Waals surface area contributed by atoms with Crippen LogP contribution in [0.1, 0.15) is 18.4 Å². The van der Waals surface area contributed by atoms with Gasteiger partial charge in [-0.05, 0) is 30.5 Å². The van der Waals surface area contributed by atoms with Gasteiger partial charge in [0.25, 0.3) is 0 Å². The maximum Gasteiger partial charge on any atom is 0.224 e. The monoisotopic (exact) mass is 355 g/mol.